The normalized spacial score (nSPS) is 14.6. The van der Waals surface area contributed by atoms with Gasteiger partial charge in [-0.05, 0) is 19.3 Å². The zero-order valence-corrected chi connectivity index (χ0v) is 6.87. The highest BCUT2D eigenvalue weighted by Gasteiger charge is 2.02. The molecule has 0 aromatic heterocycles. The van der Waals surface area contributed by atoms with E-state index in [0.717, 1.165) is 0 Å². The quantitative estimate of drug-likeness (QED) is 0.601. The molecule has 64 valence electrons. The molecule has 0 bridgehead atoms. The van der Waals surface area contributed by atoms with E-state index in [9.17, 15) is 4.79 Å². The first-order valence-electron chi connectivity index (χ1n) is 3.60. The van der Waals surface area contributed by atoms with Crippen LogP contribution in [-0.2, 0) is 4.79 Å². The van der Waals surface area contributed by atoms with Gasteiger partial charge in [0.2, 0.25) is 0 Å². The van der Waals surface area contributed by atoms with E-state index in [-0.39, 0.29) is 12.5 Å². The smallest absolute Gasteiger partial charge is 0.330 e. The Bertz CT molecular complexity index is 161. The zero-order valence-electron chi connectivity index (χ0n) is 6.87. The zero-order chi connectivity index (χ0) is 8.85. The van der Waals surface area contributed by atoms with Crippen molar-refractivity contribution in [3.05, 3.63) is 11.6 Å². The van der Waals surface area contributed by atoms with Crippen LogP contribution in [-0.4, -0.2) is 22.8 Å². The molecule has 0 saturated carbocycles. The lowest BCUT2D eigenvalue weighted by Gasteiger charge is -2.02. The van der Waals surface area contributed by atoms with E-state index in [2.05, 4.69) is 0 Å². The molecule has 11 heavy (non-hydrogen) atoms. The van der Waals surface area contributed by atoms with Crippen LogP contribution in [0, 0.1) is 5.92 Å². The first-order valence-corrected chi connectivity index (χ1v) is 3.60. The summed E-state index contributed by atoms with van der Waals surface area (Å²) < 4.78 is 0. The molecule has 0 saturated heterocycles. The van der Waals surface area contributed by atoms with E-state index >= 15 is 0 Å². The molecule has 0 aliphatic heterocycles. The molecule has 0 amide bonds. The predicted molar refractivity (Wildman–Crippen MR) is 42.3 cm³/mol. The summed E-state index contributed by atoms with van der Waals surface area (Å²) in [5, 5.41) is 17.0. The molecule has 1 atom stereocenters. The molecule has 0 spiro atoms. The second-order valence-electron chi connectivity index (χ2n) is 2.64. The summed E-state index contributed by atoms with van der Waals surface area (Å²) in [7, 11) is 0. The van der Waals surface area contributed by atoms with E-state index in [4.69, 9.17) is 10.2 Å². The highest BCUT2D eigenvalue weighted by molar-refractivity contribution is 5.85. The molecule has 0 radical (unpaired) electrons. The molecule has 0 aromatic rings. The monoisotopic (exact) mass is 158 g/mol. The van der Waals surface area contributed by atoms with Gasteiger partial charge in [-0.15, -0.1) is 0 Å². The summed E-state index contributed by atoms with van der Waals surface area (Å²) in [5.41, 5.74) is 0.339. The summed E-state index contributed by atoms with van der Waals surface area (Å²) in [6, 6.07) is 0. The van der Waals surface area contributed by atoms with Gasteiger partial charge in [-0.1, -0.05) is 13.0 Å². The van der Waals surface area contributed by atoms with Gasteiger partial charge in [0, 0.05) is 12.2 Å². The fourth-order valence-electron chi connectivity index (χ4n) is 0.785. The van der Waals surface area contributed by atoms with Crippen molar-refractivity contribution in [2.75, 3.05) is 6.61 Å². The van der Waals surface area contributed by atoms with Crippen LogP contribution in [0.25, 0.3) is 0 Å². The Balaban J connectivity index is 3.96. The number of aliphatic hydroxyl groups excluding tert-OH is 1. The van der Waals surface area contributed by atoms with Crippen molar-refractivity contribution in [2.24, 2.45) is 5.92 Å². The van der Waals surface area contributed by atoms with Crippen LogP contribution < -0.4 is 0 Å². The summed E-state index contributed by atoms with van der Waals surface area (Å²) in [5.74, 6) is -0.758. The summed E-state index contributed by atoms with van der Waals surface area (Å²) in [6.07, 6.45) is 2.27. The minimum Gasteiger partial charge on any atom is -0.478 e. The van der Waals surface area contributed by atoms with E-state index in [1.165, 1.54) is 0 Å². The number of rotatable bonds is 4. The number of hydrogen-bond acceptors (Lipinski definition) is 2. The maximum absolute atomic E-state index is 10.3. The van der Waals surface area contributed by atoms with E-state index in [1.54, 1.807) is 13.0 Å². The van der Waals surface area contributed by atoms with Gasteiger partial charge >= 0.3 is 5.97 Å². The predicted octanol–water partition coefficient (Wildman–Crippen LogP) is 1.04. The van der Waals surface area contributed by atoms with Crippen molar-refractivity contribution in [2.45, 2.75) is 20.3 Å². The van der Waals surface area contributed by atoms with Gasteiger partial charge in [-0.25, -0.2) is 4.79 Å². The molecule has 2 N–H and O–H groups in total. The van der Waals surface area contributed by atoms with Crippen molar-refractivity contribution < 1.29 is 15.0 Å². The Hall–Kier alpha value is -0.830. The SMILES string of the molecule is C/C(=C\C(C)CCO)C(=O)O. The number of aliphatic hydroxyl groups is 1. The van der Waals surface area contributed by atoms with E-state index in [1.807, 2.05) is 6.92 Å². The molecule has 3 heteroatoms. The number of carboxylic acid groups (broad SMARTS) is 1. The highest BCUT2D eigenvalue weighted by Crippen LogP contribution is 2.06. The Morgan fingerprint density at radius 3 is 2.55 bits per heavy atom. The van der Waals surface area contributed by atoms with Crippen molar-refractivity contribution in [3.63, 3.8) is 0 Å². The number of carboxylic acids is 1. The summed E-state index contributed by atoms with van der Waals surface area (Å²) >= 11 is 0. The second kappa shape index (κ2) is 4.91. The van der Waals surface area contributed by atoms with Gasteiger partial charge in [-0.2, -0.15) is 0 Å². The second-order valence-corrected chi connectivity index (χ2v) is 2.64. The third-order valence-electron chi connectivity index (χ3n) is 1.46. The highest BCUT2D eigenvalue weighted by atomic mass is 16.4. The Kier molecular flexibility index (Phi) is 4.54. The topological polar surface area (TPSA) is 57.5 Å². The van der Waals surface area contributed by atoms with Crippen LogP contribution in [0.4, 0.5) is 0 Å². The van der Waals surface area contributed by atoms with Crippen LogP contribution in [0.5, 0.6) is 0 Å². The van der Waals surface area contributed by atoms with Crippen LogP contribution >= 0.6 is 0 Å². The molecule has 0 aliphatic carbocycles. The first-order chi connectivity index (χ1) is 5.07. The molecule has 0 fully saturated rings. The van der Waals surface area contributed by atoms with Gasteiger partial charge < -0.3 is 10.2 Å². The number of carbonyl (C=O) groups is 1. The summed E-state index contributed by atoms with van der Waals surface area (Å²) in [4.78, 5) is 10.3. The summed E-state index contributed by atoms with van der Waals surface area (Å²) in [6.45, 7) is 3.53. The van der Waals surface area contributed by atoms with E-state index in [0.29, 0.717) is 12.0 Å². The van der Waals surface area contributed by atoms with Gasteiger partial charge in [0.15, 0.2) is 0 Å². The Labute approximate surface area is 66.4 Å². The van der Waals surface area contributed by atoms with Gasteiger partial charge in [0.05, 0.1) is 0 Å². The maximum Gasteiger partial charge on any atom is 0.330 e. The average molecular weight is 158 g/mol. The number of hydrogen-bond donors (Lipinski definition) is 2. The minimum absolute atomic E-state index is 0.102. The van der Waals surface area contributed by atoms with Crippen molar-refractivity contribution in [1.82, 2.24) is 0 Å². The largest absolute Gasteiger partial charge is 0.478 e. The lowest BCUT2D eigenvalue weighted by atomic mass is 10.1. The van der Waals surface area contributed by atoms with E-state index < -0.39 is 5.97 Å². The number of aliphatic carboxylic acids is 1. The van der Waals surface area contributed by atoms with Crippen LogP contribution in [0.1, 0.15) is 20.3 Å². The average Bonchev–Trinajstić information content (AvgIpc) is 1.87. The molecule has 0 aliphatic rings. The fraction of sp³-hybridized carbons (Fsp3) is 0.625. The maximum atomic E-state index is 10.3. The lowest BCUT2D eigenvalue weighted by Crippen LogP contribution is -2.01. The van der Waals surface area contributed by atoms with Crippen molar-refractivity contribution in [1.29, 1.82) is 0 Å². The molecule has 1 unspecified atom stereocenters. The Morgan fingerprint density at radius 1 is 1.64 bits per heavy atom. The van der Waals surface area contributed by atoms with Gasteiger partial charge in [-0.3, -0.25) is 0 Å². The van der Waals surface area contributed by atoms with Crippen LogP contribution in [0.15, 0.2) is 11.6 Å². The molecule has 3 nitrogen and oxygen atoms in total. The van der Waals surface area contributed by atoms with Crippen LogP contribution in [0.3, 0.4) is 0 Å². The molecular formula is C8H14O3. The van der Waals surface area contributed by atoms with Crippen LogP contribution in [0.2, 0.25) is 0 Å². The first kappa shape index (κ1) is 10.2. The van der Waals surface area contributed by atoms with Crippen molar-refractivity contribution in [3.8, 4) is 0 Å². The molecule has 0 aromatic carbocycles. The van der Waals surface area contributed by atoms with Gasteiger partial charge in [0.25, 0.3) is 0 Å². The molecule has 0 heterocycles. The standard InChI is InChI=1S/C8H14O3/c1-6(3-4-9)5-7(2)8(10)11/h5-6,9H,3-4H2,1-2H3,(H,10,11)/b7-5+. The number of allylic oxidation sites excluding steroid dienone is 1. The Morgan fingerprint density at radius 2 is 2.18 bits per heavy atom. The van der Waals surface area contributed by atoms with Gasteiger partial charge in [0.1, 0.15) is 0 Å². The fourth-order valence-corrected chi connectivity index (χ4v) is 0.785. The molecular weight excluding hydrogens is 144 g/mol. The van der Waals surface area contributed by atoms with Crippen molar-refractivity contribution >= 4 is 5.97 Å². The minimum atomic E-state index is -0.894. The lowest BCUT2D eigenvalue weighted by molar-refractivity contribution is -0.132. The molecule has 0 rings (SSSR count). The third kappa shape index (κ3) is 4.56. The third-order valence-corrected chi connectivity index (χ3v) is 1.46.